The maximum atomic E-state index is 3.93. The fourth-order valence-corrected chi connectivity index (χ4v) is 4.23. The SMILES string of the molecule is C=C/C=C1/c2ccccc2C(C)(C)C1CCc1ccc(I)cc1. The maximum absolute atomic E-state index is 3.93. The van der Waals surface area contributed by atoms with Crippen LogP contribution in [0.1, 0.15) is 37.0 Å². The smallest absolute Gasteiger partial charge is 0.0130 e. The Morgan fingerprint density at radius 1 is 1.09 bits per heavy atom. The van der Waals surface area contributed by atoms with E-state index in [1.807, 2.05) is 6.08 Å². The van der Waals surface area contributed by atoms with Gasteiger partial charge >= 0.3 is 0 Å². The van der Waals surface area contributed by atoms with Crippen LogP contribution in [0.4, 0.5) is 0 Å². The number of allylic oxidation sites excluding steroid dienone is 3. The van der Waals surface area contributed by atoms with E-state index >= 15 is 0 Å². The summed E-state index contributed by atoms with van der Waals surface area (Å²) in [6, 6.07) is 17.8. The van der Waals surface area contributed by atoms with E-state index in [9.17, 15) is 0 Å². The van der Waals surface area contributed by atoms with Crippen molar-refractivity contribution in [2.24, 2.45) is 5.92 Å². The van der Waals surface area contributed by atoms with Crippen molar-refractivity contribution in [3.63, 3.8) is 0 Å². The summed E-state index contributed by atoms with van der Waals surface area (Å²) in [6.07, 6.45) is 6.44. The molecule has 1 atom stereocenters. The monoisotopic (exact) mass is 414 g/mol. The molecule has 1 aliphatic carbocycles. The van der Waals surface area contributed by atoms with Crippen LogP contribution in [0, 0.1) is 9.49 Å². The molecule has 0 aliphatic heterocycles. The van der Waals surface area contributed by atoms with E-state index in [1.54, 1.807) is 0 Å². The molecule has 0 N–H and O–H groups in total. The number of rotatable bonds is 4. The van der Waals surface area contributed by atoms with Gasteiger partial charge in [0.05, 0.1) is 0 Å². The summed E-state index contributed by atoms with van der Waals surface area (Å²) in [4.78, 5) is 0. The molecule has 0 heterocycles. The van der Waals surface area contributed by atoms with E-state index in [-0.39, 0.29) is 5.41 Å². The van der Waals surface area contributed by atoms with Crippen LogP contribution in [-0.2, 0) is 11.8 Å². The predicted octanol–water partition coefficient (Wildman–Crippen LogP) is 6.40. The quantitative estimate of drug-likeness (QED) is 0.508. The van der Waals surface area contributed by atoms with E-state index < -0.39 is 0 Å². The Bertz CT molecular complexity index is 735. The topological polar surface area (TPSA) is 0 Å². The van der Waals surface area contributed by atoms with Crippen LogP contribution in [0.3, 0.4) is 0 Å². The van der Waals surface area contributed by atoms with E-state index in [2.05, 4.69) is 97.6 Å². The fraction of sp³-hybridized carbons (Fsp3) is 0.273. The highest BCUT2D eigenvalue weighted by Gasteiger charge is 2.41. The van der Waals surface area contributed by atoms with Crippen molar-refractivity contribution in [1.29, 1.82) is 0 Å². The molecule has 0 amide bonds. The molecule has 2 aromatic carbocycles. The first kappa shape index (κ1) is 16.5. The highest BCUT2D eigenvalue weighted by atomic mass is 127. The third-order valence-corrected chi connectivity index (χ3v) is 5.83. The molecule has 0 spiro atoms. The molecule has 23 heavy (non-hydrogen) atoms. The van der Waals surface area contributed by atoms with E-state index in [4.69, 9.17) is 0 Å². The van der Waals surface area contributed by atoms with Gasteiger partial charge in [0.15, 0.2) is 0 Å². The lowest BCUT2D eigenvalue weighted by Gasteiger charge is -2.29. The van der Waals surface area contributed by atoms with Crippen LogP contribution in [0.5, 0.6) is 0 Å². The van der Waals surface area contributed by atoms with Gasteiger partial charge in [0.25, 0.3) is 0 Å². The summed E-state index contributed by atoms with van der Waals surface area (Å²) in [5, 5.41) is 0. The number of fused-ring (bicyclic) bond motifs is 1. The summed E-state index contributed by atoms with van der Waals surface area (Å²) in [6.45, 7) is 8.70. The van der Waals surface area contributed by atoms with Gasteiger partial charge in [-0.2, -0.15) is 0 Å². The van der Waals surface area contributed by atoms with Crippen LogP contribution < -0.4 is 0 Å². The third kappa shape index (κ3) is 3.16. The molecule has 0 bridgehead atoms. The minimum absolute atomic E-state index is 0.175. The molecule has 0 saturated carbocycles. The molecule has 1 heteroatoms. The summed E-state index contributed by atoms with van der Waals surface area (Å²) in [5.41, 5.74) is 5.93. The standard InChI is InChI=1S/C22H23I/c1-4-7-18-19-8-5-6-9-20(19)22(2,3)21(18)15-12-16-10-13-17(23)14-11-16/h4-11,13-14,21H,1,12,15H2,2-3H3/b18-7-. The van der Waals surface area contributed by atoms with Gasteiger partial charge in [-0.1, -0.05) is 69.0 Å². The largest absolute Gasteiger partial charge is 0.0991 e. The second kappa shape index (κ2) is 6.64. The number of hydrogen-bond acceptors (Lipinski definition) is 0. The van der Waals surface area contributed by atoms with Crippen molar-refractivity contribution in [3.8, 4) is 0 Å². The van der Waals surface area contributed by atoms with Crippen LogP contribution >= 0.6 is 22.6 Å². The van der Waals surface area contributed by atoms with Crippen molar-refractivity contribution in [3.05, 3.63) is 87.5 Å². The van der Waals surface area contributed by atoms with Gasteiger partial charge in [-0.15, -0.1) is 0 Å². The fourth-order valence-electron chi connectivity index (χ4n) is 3.87. The van der Waals surface area contributed by atoms with Crippen LogP contribution in [0.25, 0.3) is 5.57 Å². The lowest BCUT2D eigenvalue weighted by atomic mass is 9.75. The van der Waals surface area contributed by atoms with Gasteiger partial charge in [-0.25, -0.2) is 0 Å². The Hall–Kier alpha value is -1.35. The van der Waals surface area contributed by atoms with Crippen molar-refractivity contribution in [2.45, 2.75) is 32.1 Å². The molecule has 0 aromatic heterocycles. The minimum Gasteiger partial charge on any atom is -0.0991 e. The lowest BCUT2D eigenvalue weighted by Crippen LogP contribution is -2.24. The van der Waals surface area contributed by atoms with Crippen molar-refractivity contribution in [1.82, 2.24) is 0 Å². The summed E-state index contributed by atoms with van der Waals surface area (Å²) < 4.78 is 1.30. The minimum atomic E-state index is 0.175. The zero-order valence-electron chi connectivity index (χ0n) is 13.9. The molecule has 1 aliphatic rings. The second-order valence-corrected chi connectivity index (χ2v) is 8.09. The third-order valence-electron chi connectivity index (χ3n) is 5.11. The van der Waals surface area contributed by atoms with Crippen molar-refractivity contribution >= 4 is 28.2 Å². The number of aryl methyl sites for hydroxylation is 1. The summed E-state index contributed by atoms with van der Waals surface area (Å²) in [7, 11) is 0. The van der Waals surface area contributed by atoms with Crippen LogP contribution in [0.15, 0.2) is 67.3 Å². The Balaban J connectivity index is 1.90. The Morgan fingerprint density at radius 3 is 2.48 bits per heavy atom. The highest BCUT2D eigenvalue weighted by Crippen LogP contribution is 2.51. The lowest BCUT2D eigenvalue weighted by molar-refractivity contribution is 0.391. The van der Waals surface area contributed by atoms with Gasteiger partial charge in [0.2, 0.25) is 0 Å². The molecule has 0 radical (unpaired) electrons. The van der Waals surface area contributed by atoms with Crippen molar-refractivity contribution in [2.75, 3.05) is 0 Å². The Labute approximate surface area is 153 Å². The molecule has 1 unspecified atom stereocenters. The Morgan fingerprint density at radius 2 is 1.78 bits per heavy atom. The molecule has 2 aromatic rings. The Kier molecular flexibility index (Phi) is 4.77. The maximum Gasteiger partial charge on any atom is 0.0130 e. The molecule has 0 nitrogen and oxygen atoms in total. The van der Waals surface area contributed by atoms with Crippen LogP contribution in [0.2, 0.25) is 0 Å². The second-order valence-electron chi connectivity index (χ2n) is 6.84. The van der Waals surface area contributed by atoms with Gasteiger partial charge < -0.3 is 0 Å². The van der Waals surface area contributed by atoms with Gasteiger partial charge in [0.1, 0.15) is 0 Å². The molecule has 0 saturated heterocycles. The van der Waals surface area contributed by atoms with Crippen LogP contribution in [-0.4, -0.2) is 0 Å². The molecule has 0 fully saturated rings. The van der Waals surface area contributed by atoms with Gasteiger partial charge in [0, 0.05) is 3.57 Å². The first-order valence-corrected chi connectivity index (χ1v) is 9.29. The molecule has 3 rings (SSSR count). The predicted molar refractivity (Wildman–Crippen MR) is 109 cm³/mol. The zero-order valence-corrected chi connectivity index (χ0v) is 16.0. The summed E-state index contributed by atoms with van der Waals surface area (Å²) in [5.74, 6) is 0.539. The van der Waals surface area contributed by atoms with E-state index in [1.165, 1.54) is 32.3 Å². The first-order valence-electron chi connectivity index (χ1n) is 8.21. The molecular formula is C22H23I. The average Bonchev–Trinajstić information content (AvgIpc) is 2.76. The zero-order chi connectivity index (χ0) is 16.4. The average molecular weight is 414 g/mol. The van der Waals surface area contributed by atoms with Crippen molar-refractivity contribution < 1.29 is 0 Å². The van der Waals surface area contributed by atoms with Gasteiger partial charge in [-0.05, 0) is 81.2 Å². The normalized spacial score (nSPS) is 20.5. The number of halogens is 1. The van der Waals surface area contributed by atoms with E-state index in [0.29, 0.717) is 5.92 Å². The number of benzene rings is 2. The summed E-state index contributed by atoms with van der Waals surface area (Å²) >= 11 is 2.36. The number of hydrogen-bond donors (Lipinski definition) is 0. The molecule has 118 valence electrons. The highest BCUT2D eigenvalue weighted by molar-refractivity contribution is 14.1. The molecular weight excluding hydrogens is 391 g/mol. The van der Waals surface area contributed by atoms with E-state index in [0.717, 1.165) is 6.42 Å². The van der Waals surface area contributed by atoms with Gasteiger partial charge in [-0.3, -0.25) is 0 Å². The first-order chi connectivity index (χ1) is 11.0.